The number of aromatic hydroxyl groups is 1. The molecule has 0 bridgehead atoms. The number of rotatable bonds is 2. The summed E-state index contributed by atoms with van der Waals surface area (Å²) in [6.07, 6.45) is 3.79. The predicted molar refractivity (Wildman–Crippen MR) is 49.4 cm³/mol. The zero-order valence-electron chi connectivity index (χ0n) is 7.24. The molecule has 0 heterocycles. The van der Waals surface area contributed by atoms with Gasteiger partial charge in [0.2, 0.25) is 0 Å². The molecular weight excluding hydrogens is 152 g/mol. The molecule has 0 aliphatic heterocycles. The van der Waals surface area contributed by atoms with Crippen LogP contribution in [0.1, 0.15) is 12.5 Å². The first-order chi connectivity index (χ1) is 5.79. The Morgan fingerprint density at radius 1 is 1.42 bits per heavy atom. The van der Waals surface area contributed by atoms with Gasteiger partial charge in [-0.3, -0.25) is 0 Å². The molecule has 1 aromatic rings. The van der Waals surface area contributed by atoms with Crippen LogP contribution in [0.4, 0.5) is 0 Å². The number of allylic oxidation sites excluding steroid dienone is 1. The fourth-order valence-corrected chi connectivity index (χ4v) is 1.08. The third kappa shape index (κ3) is 1.59. The van der Waals surface area contributed by atoms with Crippen LogP contribution in [-0.4, -0.2) is 12.2 Å². The summed E-state index contributed by atoms with van der Waals surface area (Å²) in [6, 6.07) is 5.28. The van der Waals surface area contributed by atoms with Crippen LogP contribution >= 0.6 is 0 Å². The Bertz CT molecular complexity index is 290. The van der Waals surface area contributed by atoms with Gasteiger partial charge < -0.3 is 9.84 Å². The first kappa shape index (κ1) is 8.65. The van der Waals surface area contributed by atoms with Gasteiger partial charge in [0.15, 0.2) is 11.5 Å². The van der Waals surface area contributed by atoms with Crippen LogP contribution in [0, 0.1) is 0 Å². The second-order valence-corrected chi connectivity index (χ2v) is 2.40. The van der Waals surface area contributed by atoms with Gasteiger partial charge >= 0.3 is 0 Å². The van der Waals surface area contributed by atoms with E-state index in [9.17, 15) is 5.11 Å². The van der Waals surface area contributed by atoms with Crippen molar-refractivity contribution in [1.29, 1.82) is 0 Å². The molecule has 64 valence electrons. The van der Waals surface area contributed by atoms with Gasteiger partial charge in [0, 0.05) is 5.56 Å². The van der Waals surface area contributed by atoms with E-state index in [0.717, 1.165) is 5.56 Å². The highest BCUT2D eigenvalue weighted by molar-refractivity contribution is 5.61. The lowest BCUT2D eigenvalue weighted by molar-refractivity contribution is 0.372. The van der Waals surface area contributed by atoms with Gasteiger partial charge in [0.1, 0.15) is 0 Å². The van der Waals surface area contributed by atoms with E-state index in [-0.39, 0.29) is 5.75 Å². The predicted octanol–water partition coefficient (Wildman–Crippen LogP) is 2.43. The summed E-state index contributed by atoms with van der Waals surface area (Å²) in [5.74, 6) is 0.698. The van der Waals surface area contributed by atoms with Crippen molar-refractivity contribution in [2.24, 2.45) is 0 Å². The smallest absolute Gasteiger partial charge is 0.167 e. The summed E-state index contributed by atoms with van der Waals surface area (Å²) in [7, 11) is 1.54. The quantitative estimate of drug-likeness (QED) is 0.727. The standard InChI is InChI=1S/C10H12O2/c1-3-5-8-6-4-7-9(11)10(8)12-2/h3-7,11H,1-2H3. The van der Waals surface area contributed by atoms with Crippen LogP contribution in [0.5, 0.6) is 11.5 Å². The maximum Gasteiger partial charge on any atom is 0.167 e. The summed E-state index contributed by atoms with van der Waals surface area (Å²) in [5, 5.41) is 9.36. The highest BCUT2D eigenvalue weighted by Gasteiger charge is 2.03. The minimum atomic E-state index is 0.174. The lowest BCUT2D eigenvalue weighted by atomic mass is 10.2. The minimum absolute atomic E-state index is 0.174. The number of ether oxygens (including phenoxy) is 1. The number of benzene rings is 1. The Balaban J connectivity index is 3.18. The topological polar surface area (TPSA) is 29.5 Å². The van der Waals surface area contributed by atoms with Crippen LogP contribution in [0.3, 0.4) is 0 Å². The van der Waals surface area contributed by atoms with Crippen LogP contribution < -0.4 is 4.74 Å². The van der Waals surface area contributed by atoms with Crippen LogP contribution in [0.2, 0.25) is 0 Å². The van der Waals surface area contributed by atoms with Crippen molar-refractivity contribution >= 4 is 6.08 Å². The van der Waals surface area contributed by atoms with E-state index in [1.54, 1.807) is 19.2 Å². The van der Waals surface area contributed by atoms with Crippen molar-refractivity contribution < 1.29 is 9.84 Å². The molecule has 0 atom stereocenters. The molecule has 0 radical (unpaired) electrons. The SMILES string of the molecule is CC=Cc1cccc(O)c1OC. The fourth-order valence-electron chi connectivity index (χ4n) is 1.08. The van der Waals surface area contributed by atoms with Gasteiger partial charge in [-0.1, -0.05) is 24.3 Å². The summed E-state index contributed by atoms with van der Waals surface area (Å²) >= 11 is 0. The van der Waals surface area contributed by atoms with Crippen molar-refractivity contribution in [3.8, 4) is 11.5 Å². The Kier molecular flexibility index (Phi) is 2.75. The van der Waals surface area contributed by atoms with Gasteiger partial charge in [-0.25, -0.2) is 0 Å². The van der Waals surface area contributed by atoms with Crippen LogP contribution in [-0.2, 0) is 0 Å². The van der Waals surface area contributed by atoms with Crippen molar-refractivity contribution in [2.45, 2.75) is 6.92 Å². The van der Waals surface area contributed by atoms with Gasteiger partial charge in [0.25, 0.3) is 0 Å². The Labute approximate surface area is 72.1 Å². The number of methoxy groups -OCH3 is 1. The molecule has 0 aliphatic carbocycles. The molecule has 0 amide bonds. The Morgan fingerprint density at radius 2 is 2.17 bits per heavy atom. The average molecular weight is 164 g/mol. The number of hydrogen-bond acceptors (Lipinski definition) is 2. The third-order valence-corrected chi connectivity index (χ3v) is 1.58. The highest BCUT2D eigenvalue weighted by Crippen LogP contribution is 2.30. The first-order valence-corrected chi connectivity index (χ1v) is 3.78. The zero-order valence-corrected chi connectivity index (χ0v) is 7.24. The minimum Gasteiger partial charge on any atom is -0.504 e. The van der Waals surface area contributed by atoms with Gasteiger partial charge in [-0.15, -0.1) is 0 Å². The van der Waals surface area contributed by atoms with Crippen LogP contribution in [0.15, 0.2) is 24.3 Å². The summed E-state index contributed by atoms with van der Waals surface area (Å²) in [4.78, 5) is 0. The van der Waals surface area contributed by atoms with E-state index < -0.39 is 0 Å². The molecule has 1 N–H and O–H groups in total. The first-order valence-electron chi connectivity index (χ1n) is 3.78. The zero-order chi connectivity index (χ0) is 8.97. The van der Waals surface area contributed by atoms with E-state index in [0.29, 0.717) is 5.75 Å². The van der Waals surface area contributed by atoms with Gasteiger partial charge in [-0.05, 0) is 13.0 Å². The van der Waals surface area contributed by atoms with E-state index in [1.165, 1.54) is 0 Å². The van der Waals surface area contributed by atoms with Gasteiger partial charge in [-0.2, -0.15) is 0 Å². The molecule has 0 fully saturated rings. The van der Waals surface area contributed by atoms with Crippen LogP contribution in [0.25, 0.3) is 6.08 Å². The van der Waals surface area contributed by atoms with E-state index in [4.69, 9.17) is 4.74 Å². The molecule has 0 aliphatic rings. The van der Waals surface area contributed by atoms with E-state index >= 15 is 0 Å². The number of para-hydroxylation sites is 1. The van der Waals surface area contributed by atoms with Crippen molar-refractivity contribution in [1.82, 2.24) is 0 Å². The van der Waals surface area contributed by atoms with E-state index in [1.807, 2.05) is 25.1 Å². The molecule has 1 aromatic carbocycles. The average Bonchev–Trinajstić information content (AvgIpc) is 2.05. The van der Waals surface area contributed by atoms with Gasteiger partial charge in [0.05, 0.1) is 7.11 Å². The molecule has 0 saturated heterocycles. The molecule has 2 nitrogen and oxygen atoms in total. The normalized spacial score (nSPS) is 10.5. The monoisotopic (exact) mass is 164 g/mol. The lowest BCUT2D eigenvalue weighted by Gasteiger charge is -2.05. The lowest BCUT2D eigenvalue weighted by Crippen LogP contribution is -1.86. The molecule has 0 unspecified atom stereocenters. The van der Waals surface area contributed by atoms with Crippen molar-refractivity contribution in [3.05, 3.63) is 29.8 Å². The summed E-state index contributed by atoms with van der Waals surface area (Å²) < 4.78 is 5.03. The molecule has 12 heavy (non-hydrogen) atoms. The largest absolute Gasteiger partial charge is 0.504 e. The molecule has 0 spiro atoms. The highest BCUT2D eigenvalue weighted by atomic mass is 16.5. The molecular formula is C10H12O2. The van der Waals surface area contributed by atoms with Crippen molar-refractivity contribution in [3.63, 3.8) is 0 Å². The maximum atomic E-state index is 9.36. The third-order valence-electron chi connectivity index (χ3n) is 1.58. The number of phenolic OH excluding ortho intramolecular Hbond substituents is 1. The number of hydrogen-bond donors (Lipinski definition) is 1. The maximum absolute atomic E-state index is 9.36. The molecule has 1 rings (SSSR count). The molecule has 0 saturated carbocycles. The summed E-state index contributed by atoms with van der Waals surface area (Å²) in [6.45, 7) is 1.92. The second kappa shape index (κ2) is 3.81. The number of phenols is 1. The fraction of sp³-hybridized carbons (Fsp3) is 0.200. The Hall–Kier alpha value is -1.44. The summed E-state index contributed by atoms with van der Waals surface area (Å²) in [5.41, 5.74) is 0.889. The van der Waals surface area contributed by atoms with E-state index in [2.05, 4.69) is 0 Å². The molecule has 2 heteroatoms. The Morgan fingerprint density at radius 3 is 2.75 bits per heavy atom. The molecule has 0 aromatic heterocycles. The second-order valence-electron chi connectivity index (χ2n) is 2.40. The van der Waals surface area contributed by atoms with Crippen molar-refractivity contribution in [2.75, 3.05) is 7.11 Å².